The standard InChI is InChI=1S/C16H21NO4/c1-11(17(2)3)12-8-6-7-9-13(12)14(16(19)21-5)10-15(18)20-4/h6-11H,1-5H3/b14-10-/t11-/m0/s1. The van der Waals surface area contributed by atoms with Crippen LogP contribution in [0.2, 0.25) is 0 Å². The molecule has 0 aliphatic heterocycles. The van der Waals surface area contributed by atoms with Crippen LogP contribution in [0.1, 0.15) is 24.1 Å². The Balaban J connectivity index is 3.42. The Kier molecular flexibility index (Phi) is 6.11. The molecule has 0 spiro atoms. The van der Waals surface area contributed by atoms with E-state index >= 15 is 0 Å². The number of hydrogen-bond donors (Lipinski definition) is 0. The molecule has 21 heavy (non-hydrogen) atoms. The summed E-state index contributed by atoms with van der Waals surface area (Å²) >= 11 is 0. The highest BCUT2D eigenvalue weighted by molar-refractivity contribution is 6.20. The minimum Gasteiger partial charge on any atom is -0.466 e. The van der Waals surface area contributed by atoms with Crippen LogP contribution in [0.15, 0.2) is 30.3 Å². The topological polar surface area (TPSA) is 55.8 Å². The van der Waals surface area contributed by atoms with Gasteiger partial charge in [-0.2, -0.15) is 0 Å². The van der Waals surface area contributed by atoms with Crippen molar-refractivity contribution in [1.29, 1.82) is 0 Å². The van der Waals surface area contributed by atoms with Gasteiger partial charge in [-0.3, -0.25) is 0 Å². The first kappa shape index (κ1) is 16.9. The average molecular weight is 291 g/mol. The van der Waals surface area contributed by atoms with Crippen molar-refractivity contribution < 1.29 is 19.1 Å². The molecule has 1 aromatic rings. The van der Waals surface area contributed by atoms with Crippen LogP contribution in [0.25, 0.3) is 5.57 Å². The lowest BCUT2D eigenvalue weighted by Crippen LogP contribution is -2.19. The molecule has 0 unspecified atom stereocenters. The van der Waals surface area contributed by atoms with Crippen molar-refractivity contribution >= 4 is 17.5 Å². The summed E-state index contributed by atoms with van der Waals surface area (Å²) in [5.74, 6) is -1.17. The monoisotopic (exact) mass is 291 g/mol. The third-order valence-corrected chi connectivity index (χ3v) is 3.34. The molecule has 1 aromatic carbocycles. The van der Waals surface area contributed by atoms with Crippen molar-refractivity contribution in [2.75, 3.05) is 28.3 Å². The lowest BCUT2D eigenvalue weighted by molar-refractivity contribution is -0.136. The van der Waals surface area contributed by atoms with Gasteiger partial charge in [0.05, 0.1) is 19.8 Å². The molecule has 0 heterocycles. The molecule has 5 heteroatoms. The predicted molar refractivity (Wildman–Crippen MR) is 80.6 cm³/mol. The summed E-state index contributed by atoms with van der Waals surface area (Å²) in [4.78, 5) is 25.5. The highest BCUT2D eigenvalue weighted by atomic mass is 16.5. The molecular formula is C16H21NO4. The predicted octanol–water partition coefficient (Wildman–Crippen LogP) is 2.04. The fourth-order valence-corrected chi connectivity index (χ4v) is 1.92. The number of esters is 2. The smallest absolute Gasteiger partial charge is 0.338 e. The van der Waals surface area contributed by atoms with Gasteiger partial charge in [0.15, 0.2) is 0 Å². The van der Waals surface area contributed by atoms with E-state index in [2.05, 4.69) is 4.74 Å². The van der Waals surface area contributed by atoms with Crippen molar-refractivity contribution in [1.82, 2.24) is 4.90 Å². The SMILES string of the molecule is COC(=O)/C=C(\C(=O)OC)c1ccccc1[C@H](C)N(C)C. The second-order valence-electron chi connectivity index (χ2n) is 4.80. The van der Waals surface area contributed by atoms with Gasteiger partial charge in [0, 0.05) is 12.1 Å². The molecule has 0 aromatic heterocycles. The molecular weight excluding hydrogens is 270 g/mol. The highest BCUT2D eigenvalue weighted by Gasteiger charge is 2.21. The number of ether oxygens (including phenoxy) is 2. The molecule has 0 amide bonds. The van der Waals surface area contributed by atoms with Crippen LogP contribution in [0.3, 0.4) is 0 Å². The van der Waals surface area contributed by atoms with Gasteiger partial charge in [-0.15, -0.1) is 0 Å². The van der Waals surface area contributed by atoms with Crippen molar-refractivity contribution in [2.24, 2.45) is 0 Å². The van der Waals surface area contributed by atoms with Gasteiger partial charge in [0.25, 0.3) is 0 Å². The largest absolute Gasteiger partial charge is 0.466 e. The van der Waals surface area contributed by atoms with Crippen LogP contribution in [0.5, 0.6) is 0 Å². The van der Waals surface area contributed by atoms with Crippen molar-refractivity contribution in [3.05, 3.63) is 41.5 Å². The molecule has 0 fully saturated rings. The molecule has 0 aliphatic carbocycles. The first-order valence-electron chi connectivity index (χ1n) is 6.56. The lowest BCUT2D eigenvalue weighted by atomic mass is 9.94. The van der Waals surface area contributed by atoms with Crippen molar-refractivity contribution in [3.8, 4) is 0 Å². The van der Waals surface area contributed by atoms with Gasteiger partial charge in [-0.25, -0.2) is 9.59 Å². The number of carbonyl (C=O) groups excluding carboxylic acids is 2. The average Bonchev–Trinajstić information content (AvgIpc) is 2.50. The van der Waals surface area contributed by atoms with Crippen LogP contribution in [-0.4, -0.2) is 45.2 Å². The van der Waals surface area contributed by atoms with Crippen molar-refractivity contribution in [3.63, 3.8) is 0 Å². The Hall–Kier alpha value is -2.14. The first-order valence-corrected chi connectivity index (χ1v) is 6.56. The Morgan fingerprint density at radius 2 is 1.76 bits per heavy atom. The van der Waals surface area contributed by atoms with Gasteiger partial charge >= 0.3 is 11.9 Å². The summed E-state index contributed by atoms with van der Waals surface area (Å²) in [5.41, 5.74) is 1.78. The van der Waals surface area contributed by atoms with Crippen molar-refractivity contribution in [2.45, 2.75) is 13.0 Å². The number of methoxy groups -OCH3 is 2. The zero-order valence-corrected chi connectivity index (χ0v) is 13.0. The van der Waals surface area contributed by atoms with Crippen LogP contribution in [0.4, 0.5) is 0 Å². The Morgan fingerprint density at radius 3 is 2.29 bits per heavy atom. The Morgan fingerprint density at radius 1 is 1.14 bits per heavy atom. The number of carbonyl (C=O) groups is 2. The number of benzene rings is 1. The van der Waals surface area contributed by atoms with E-state index in [4.69, 9.17) is 4.74 Å². The van der Waals surface area contributed by atoms with Gasteiger partial charge in [-0.05, 0) is 32.1 Å². The molecule has 0 saturated carbocycles. The Bertz CT molecular complexity index is 549. The molecule has 1 atom stereocenters. The summed E-state index contributed by atoms with van der Waals surface area (Å²) in [6, 6.07) is 7.50. The minimum absolute atomic E-state index is 0.0758. The molecule has 0 bridgehead atoms. The van der Waals surface area contributed by atoms with E-state index in [0.29, 0.717) is 5.56 Å². The summed E-state index contributed by atoms with van der Waals surface area (Å²) in [7, 11) is 6.44. The number of nitrogens with zero attached hydrogens (tertiary/aromatic N) is 1. The van der Waals surface area contributed by atoms with Crippen LogP contribution < -0.4 is 0 Å². The van der Waals surface area contributed by atoms with Gasteiger partial charge in [0.2, 0.25) is 0 Å². The van der Waals surface area contributed by atoms with E-state index in [1.165, 1.54) is 14.2 Å². The van der Waals surface area contributed by atoms with Gasteiger partial charge < -0.3 is 14.4 Å². The molecule has 114 valence electrons. The van der Waals surface area contributed by atoms with E-state index in [1.54, 1.807) is 6.07 Å². The normalized spacial score (nSPS) is 13.0. The van der Waals surface area contributed by atoms with Gasteiger partial charge in [0.1, 0.15) is 0 Å². The van der Waals surface area contributed by atoms with Crippen LogP contribution in [0, 0.1) is 0 Å². The fourth-order valence-electron chi connectivity index (χ4n) is 1.92. The summed E-state index contributed by atoms with van der Waals surface area (Å²) in [5, 5.41) is 0. The summed E-state index contributed by atoms with van der Waals surface area (Å²) < 4.78 is 9.39. The number of hydrogen-bond acceptors (Lipinski definition) is 5. The second kappa shape index (κ2) is 7.59. The molecule has 0 saturated heterocycles. The maximum absolute atomic E-state index is 12.0. The minimum atomic E-state index is -0.595. The maximum Gasteiger partial charge on any atom is 0.338 e. The van der Waals surface area contributed by atoms with E-state index in [-0.39, 0.29) is 11.6 Å². The molecule has 5 nitrogen and oxygen atoms in total. The quantitative estimate of drug-likeness (QED) is 0.614. The molecule has 0 N–H and O–H groups in total. The second-order valence-corrected chi connectivity index (χ2v) is 4.80. The summed E-state index contributed by atoms with van der Waals surface area (Å²) in [6.07, 6.45) is 1.16. The highest BCUT2D eigenvalue weighted by Crippen LogP contribution is 2.28. The molecule has 0 radical (unpaired) electrons. The lowest BCUT2D eigenvalue weighted by Gasteiger charge is -2.23. The third kappa shape index (κ3) is 4.16. The Labute approximate surface area is 125 Å². The maximum atomic E-state index is 12.0. The van der Waals surface area contributed by atoms with Crippen LogP contribution >= 0.6 is 0 Å². The number of rotatable bonds is 5. The van der Waals surface area contributed by atoms with Gasteiger partial charge in [-0.1, -0.05) is 24.3 Å². The first-order chi connectivity index (χ1) is 9.92. The zero-order chi connectivity index (χ0) is 16.0. The molecule has 1 rings (SSSR count). The third-order valence-electron chi connectivity index (χ3n) is 3.34. The summed E-state index contributed by atoms with van der Waals surface area (Å²) in [6.45, 7) is 2.02. The fraction of sp³-hybridized carbons (Fsp3) is 0.375. The zero-order valence-electron chi connectivity index (χ0n) is 13.0. The van der Waals surface area contributed by atoms with E-state index in [9.17, 15) is 9.59 Å². The van der Waals surface area contributed by atoms with E-state index in [0.717, 1.165) is 11.6 Å². The van der Waals surface area contributed by atoms with E-state index < -0.39 is 11.9 Å². The molecule has 0 aliphatic rings. The van der Waals surface area contributed by atoms with Crippen LogP contribution in [-0.2, 0) is 19.1 Å². The van der Waals surface area contributed by atoms with E-state index in [1.807, 2.05) is 44.1 Å².